The number of amides is 1. The van der Waals surface area contributed by atoms with Crippen molar-refractivity contribution in [1.29, 1.82) is 0 Å². The third kappa shape index (κ3) is 5.73. The molecule has 0 unspecified atom stereocenters. The van der Waals surface area contributed by atoms with Crippen LogP contribution < -0.4 is 11.3 Å². The van der Waals surface area contributed by atoms with Crippen LogP contribution in [0.3, 0.4) is 0 Å². The molecular formula is C26H27ClN4O2S. The van der Waals surface area contributed by atoms with E-state index in [2.05, 4.69) is 0 Å². The first-order valence-electron chi connectivity index (χ1n) is 11.3. The highest BCUT2D eigenvalue weighted by Crippen LogP contribution is 2.18. The number of fused-ring (bicyclic) bond motifs is 1. The molecule has 0 atom stereocenters. The maximum Gasteiger partial charge on any atom is 0.262 e. The molecule has 0 spiro atoms. The zero-order chi connectivity index (χ0) is 23.9. The fourth-order valence-electron chi connectivity index (χ4n) is 3.91. The van der Waals surface area contributed by atoms with Crippen LogP contribution in [0.1, 0.15) is 34.6 Å². The predicted octanol–water partition coefficient (Wildman–Crippen LogP) is 4.58. The van der Waals surface area contributed by atoms with Gasteiger partial charge in [-0.1, -0.05) is 41.9 Å². The first-order valence-corrected chi connectivity index (χ1v) is 12.6. The Morgan fingerprint density at radius 2 is 1.76 bits per heavy atom. The molecule has 0 saturated heterocycles. The number of hydrogen-bond acceptors (Lipinski definition) is 5. The van der Waals surface area contributed by atoms with E-state index in [1.54, 1.807) is 28.8 Å². The van der Waals surface area contributed by atoms with E-state index in [0.717, 1.165) is 22.6 Å². The first kappa shape index (κ1) is 24.1. The van der Waals surface area contributed by atoms with Crippen LogP contribution in [0.4, 0.5) is 0 Å². The van der Waals surface area contributed by atoms with Crippen LogP contribution >= 0.6 is 22.9 Å². The normalized spacial score (nSPS) is 11.1. The lowest BCUT2D eigenvalue weighted by molar-refractivity contribution is 0.0752. The van der Waals surface area contributed by atoms with Crippen LogP contribution in [0.25, 0.3) is 10.2 Å². The van der Waals surface area contributed by atoms with Crippen molar-refractivity contribution in [3.63, 3.8) is 0 Å². The number of thiophene rings is 1. The standard InChI is InChI=1S/C26H27ClN4O2S/c27-21-11-9-20(10-12-21)25(32)30(16-5-14-28)15-4-8-23-29-24-22(13-17-34-24)26(33)31(23)18-19-6-2-1-3-7-19/h1-3,6-7,9-13,17H,4-5,8,14-16,18,28H2. The molecular weight excluding hydrogens is 468 g/mol. The lowest BCUT2D eigenvalue weighted by Gasteiger charge is -2.23. The van der Waals surface area contributed by atoms with Gasteiger partial charge in [-0.25, -0.2) is 4.98 Å². The molecule has 1 amide bonds. The second-order valence-corrected chi connectivity index (χ2v) is 9.42. The van der Waals surface area contributed by atoms with E-state index in [0.29, 0.717) is 55.0 Å². The Kier molecular flexibility index (Phi) is 8.11. The molecule has 0 aliphatic heterocycles. The summed E-state index contributed by atoms with van der Waals surface area (Å²) in [6, 6.07) is 18.7. The van der Waals surface area contributed by atoms with Crippen LogP contribution in [0.5, 0.6) is 0 Å². The molecule has 0 radical (unpaired) electrons. The zero-order valence-corrected chi connectivity index (χ0v) is 20.4. The summed E-state index contributed by atoms with van der Waals surface area (Å²) in [4.78, 5) is 33.7. The van der Waals surface area contributed by atoms with Crippen molar-refractivity contribution in [3.8, 4) is 0 Å². The summed E-state index contributed by atoms with van der Waals surface area (Å²) >= 11 is 7.45. The molecule has 6 nitrogen and oxygen atoms in total. The van der Waals surface area contributed by atoms with Crippen LogP contribution in [0.2, 0.25) is 5.02 Å². The molecule has 2 aromatic carbocycles. The highest BCUT2D eigenvalue weighted by molar-refractivity contribution is 7.16. The van der Waals surface area contributed by atoms with Gasteiger partial charge in [-0.3, -0.25) is 14.2 Å². The molecule has 0 saturated carbocycles. The van der Waals surface area contributed by atoms with E-state index < -0.39 is 0 Å². The molecule has 2 aromatic heterocycles. The summed E-state index contributed by atoms with van der Waals surface area (Å²) in [5.41, 5.74) is 7.32. The lowest BCUT2D eigenvalue weighted by atomic mass is 10.1. The van der Waals surface area contributed by atoms with Crippen molar-refractivity contribution >= 4 is 39.1 Å². The molecule has 8 heteroatoms. The van der Waals surface area contributed by atoms with Crippen LogP contribution in [-0.2, 0) is 13.0 Å². The molecule has 2 heterocycles. The van der Waals surface area contributed by atoms with Gasteiger partial charge >= 0.3 is 0 Å². The smallest absolute Gasteiger partial charge is 0.262 e. The van der Waals surface area contributed by atoms with E-state index in [1.807, 2.05) is 46.7 Å². The molecule has 0 aliphatic carbocycles. The van der Waals surface area contributed by atoms with Crippen molar-refractivity contribution < 1.29 is 4.79 Å². The molecule has 0 bridgehead atoms. The average molecular weight is 495 g/mol. The first-order chi connectivity index (χ1) is 16.6. The van der Waals surface area contributed by atoms with Gasteiger partial charge in [0.2, 0.25) is 0 Å². The monoisotopic (exact) mass is 494 g/mol. The molecule has 4 aromatic rings. The van der Waals surface area contributed by atoms with Crippen molar-refractivity contribution in [3.05, 3.63) is 98.4 Å². The average Bonchev–Trinajstić information content (AvgIpc) is 3.33. The highest BCUT2D eigenvalue weighted by atomic mass is 35.5. The van der Waals surface area contributed by atoms with Crippen molar-refractivity contribution in [2.75, 3.05) is 19.6 Å². The lowest BCUT2D eigenvalue weighted by Crippen LogP contribution is -2.34. The third-order valence-corrected chi connectivity index (χ3v) is 6.74. The maximum absolute atomic E-state index is 13.2. The Bertz CT molecular complexity index is 1300. The van der Waals surface area contributed by atoms with Crippen LogP contribution in [0, 0.1) is 0 Å². The molecule has 4 rings (SSSR count). The largest absolute Gasteiger partial charge is 0.339 e. The van der Waals surface area contributed by atoms with Gasteiger partial charge < -0.3 is 10.6 Å². The number of carbonyl (C=O) groups is 1. The van der Waals surface area contributed by atoms with Gasteiger partial charge in [0.25, 0.3) is 11.5 Å². The molecule has 0 aliphatic rings. The summed E-state index contributed by atoms with van der Waals surface area (Å²) < 4.78 is 1.76. The molecule has 0 fully saturated rings. The fourth-order valence-corrected chi connectivity index (χ4v) is 4.81. The number of aryl methyl sites for hydroxylation is 1. The number of nitrogens with two attached hydrogens (primary N) is 1. The van der Waals surface area contributed by atoms with E-state index in [-0.39, 0.29) is 11.5 Å². The Labute approximate surface area is 207 Å². The molecule has 176 valence electrons. The van der Waals surface area contributed by atoms with Gasteiger partial charge in [-0.2, -0.15) is 0 Å². The Hall–Kier alpha value is -3.00. The van der Waals surface area contributed by atoms with Gasteiger partial charge in [-0.15, -0.1) is 11.3 Å². The number of nitrogens with zero attached hydrogens (tertiary/aromatic N) is 3. The minimum Gasteiger partial charge on any atom is -0.339 e. The molecule has 2 N–H and O–H groups in total. The zero-order valence-electron chi connectivity index (χ0n) is 18.8. The summed E-state index contributed by atoms with van der Waals surface area (Å²) in [6.07, 6.45) is 1.99. The Morgan fingerprint density at radius 1 is 1.03 bits per heavy atom. The van der Waals surface area contributed by atoms with Crippen molar-refractivity contribution in [2.24, 2.45) is 5.73 Å². The SMILES string of the molecule is NCCCN(CCCc1nc2sccc2c(=O)n1Cc1ccccc1)C(=O)c1ccc(Cl)cc1. The van der Waals surface area contributed by atoms with E-state index in [4.69, 9.17) is 22.3 Å². The van der Waals surface area contributed by atoms with Gasteiger partial charge in [0.1, 0.15) is 10.7 Å². The number of halogens is 1. The highest BCUT2D eigenvalue weighted by Gasteiger charge is 2.17. The Morgan fingerprint density at radius 3 is 2.50 bits per heavy atom. The quantitative estimate of drug-likeness (QED) is 0.350. The van der Waals surface area contributed by atoms with E-state index >= 15 is 0 Å². The van der Waals surface area contributed by atoms with Crippen molar-refractivity contribution in [2.45, 2.75) is 25.8 Å². The summed E-state index contributed by atoms with van der Waals surface area (Å²) in [6.45, 7) is 2.10. The van der Waals surface area contributed by atoms with Crippen LogP contribution in [0.15, 0.2) is 70.8 Å². The third-order valence-electron chi connectivity index (χ3n) is 5.68. The number of carbonyl (C=O) groups excluding carboxylic acids is 1. The number of aromatic nitrogens is 2. The topological polar surface area (TPSA) is 81.2 Å². The van der Waals surface area contributed by atoms with Gasteiger partial charge in [-0.05, 0) is 60.7 Å². The minimum atomic E-state index is -0.0477. The summed E-state index contributed by atoms with van der Waals surface area (Å²) in [5, 5.41) is 3.14. The van der Waals surface area contributed by atoms with Gasteiger partial charge in [0.15, 0.2) is 0 Å². The minimum absolute atomic E-state index is 0.0256. The number of benzene rings is 2. The van der Waals surface area contributed by atoms with Gasteiger partial charge in [0, 0.05) is 30.1 Å². The van der Waals surface area contributed by atoms with E-state index in [9.17, 15) is 9.59 Å². The second kappa shape index (κ2) is 11.4. The van der Waals surface area contributed by atoms with E-state index in [1.165, 1.54) is 11.3 Å². The summed E-state index contributed by atoms with van der Waals surface area (Å²) in [5.74, 6) is 0.690. The van der Waals surface area contributed by atoms with Crippen LogP contribution in [-0.4, -0.2) is 40.0 Å². The summed E-state index contributed by atoms with van der Waals surface area (Å²) in [7, 11) is 0. The number of hydrogen-bond donors (Lipinski definition) is 1. The maximum atomic E-state index is 13.2. The number of rotatable bonds is 10. The predicted molar refractivity (Wildman–Crippen MR) is 139 cm³/mol. The molecule has 34 heavy (non-hydrogen) atoms. The fraction of sp³-hybridized carbons (Fsp3) is 0.269. The Balaban J connectivity index is 1.54. The van der Waals surface area contributed by atoms with Gasteiger partial charge in [0.05, 0.1) is 11.9 Å². The second-order valence-electron chi connectivity index (χ2n) is 8.09. The van der Waals surface area contributed by atoms with Crippen molar-refractivity contribution in [1.82, 2.24) is 14.5 Å².